The number of thiophene rings is 1. The van der Waals surface area contributed by atoms with E-state index in [4.69, 9.17) is 9.84 Å². The van der Waals surface area contributed by atoms with Gasteiger partial charge in [-0.15, -0.1) is 11.3 Å². The molecule has 0 aliphatic heterocycles. The number of nitrogens with one attached hydrogen (secondary N) is 1. The van der Waals surface area contributed by atoms with E-state index in [0.29, 0.717) is 5.00 Å². The predicted molar refractivity (Wildman–Crippen MR) is 66.2 cm³/mol. The quantitative estimate of drug-likeness (QED) is 0.878. The zero-order valence-electron chi connectivity index (χ0n) is 8.92. The lowest BCUT2D eigenvalue weighted by Gasteiger charge is -2.04. The first-order chi connectivity index (χ1) is 8.24. The van der Waals surface area contributed by atoms with E-state index in [2.05, 4.69) is 5.32 Å². The highest BCUT2D eigenvalue weighted by molar-refractivity contribution is 7.14. The zero-order valence-corrected chi connectivity index (χ0v) is 9.74. The smallest absolute Gasteiger partial charge is 0.412 e. The van der Waals surface area contributed by atoms with Crippen molar-refractivity contribution in [2.45, 2.75) is 6.61 Å². The van der Waals surface area contributed by atoms with Gasteiger partial charge in [0.2, 0.25) is 0 Å². The number of carbonyl (C=O) groups excluding carboxylic acids is 1. The van der Waals surface area contributed by atoms with Gasteiger partial charge in [-0.25, -0.2) is 4.79 Å². The van der Waals surface area contributed by atoms with Crippen molar-refractivity contribution in [1.29, 1.82) is 0 Å². The van der Waals surface area contributed by atoms with E-state index in [1.165, 1.54) is 22.8 Å². The largest absolute Gasteiger partial charge is 0.507 e. The maximum atomic E-state index is 11.4. The molecule has 1 heterocycles. The molecule has 5 heteroatoms. The van der Waals surface area contributed by atoms with Crippen LogP contribution in [0.15, 0.2) is 41.8 Å². The summed E-state index contributed by atoms with van der Waals surface area (Å²) in [5.41, 5.74) is 0.927. The second kappa shape index (κ2) is 5.36. The number of rotatable bonds is 3. The van der Waals surface area contributed by atoms with Crippen molar-refractivity contribution < 1.29 is 14.6 Å². The number of carbonyl (C=O) groups is 1. The Morgan fingerprint density at radius 1 is 1.35 bits per heavy atom. The Hall–Kier alpha value is -2.01. The molecule has 0 fully saturated rings. The number of aromatic hydroxyl groups is 1. The highest BCUT2D eigenvalue weighted by Crippen LogP contribution is 2.24. The van der Waals surface area contributed by atoms with Crippen LogP contribution in [0.1, 0.15) is 5.56 Å². The molecular formula is C12H11NO3S. The van der Waals surface area contributed by atoms with Crippen LogP contribution in [0.2, 0.25) is 0 Å². The van der Waals surface area contributed by atoms with E-state index >= 15 is 0 Å². The molecule has 0 saturated heterocycles. The van der Waals surface area contributed by atoms with Gasteiger partial charge in [0.05, 0.1) is 0 Å². The molecule has 0 bridgehead atoms. The van der Waals surface area contributed by atoms with E-state index < -0.39 is 6.09 Å². The van der Waals surface area contributed by atoms with Gasteiger partial charge in [0.1, 0.15) is 17.4 Å². The van der Waals surface area contributed by atoms with E-state index in [1.54, 1.807) is 0 Å². The van der Waals surface area contributed by atoms with Crippen LogP contribution < -0.4 is 5.32 Å². The molecule has 0 atom stereocenters. The highest BCUT2D eigenvalue weighted by Gasteiger charge is 2.05. The second-order valence-electron chi connectivity index (χ2n) is 3.36. The average molecular weight is 249 g/mol. The van der Waals surface area contributed by atoms with Gasteiger partial charge in [0, 0.05) is 11.4 Å². The summed E-state index contributed by atoms with van der Waals surface area (Å²) in [5.74, 6) is 0.133. The molecule has 0 spiro atoms. The van der Waals surface area contributed by atoms with Crippen molar-refractivity contribution in [3.05, 3.63) is 47.3 Å². The van der Waals surface area contributed by atoms with Crippen LogP contribution in [0.25, 0.3) is 0 Å². The van der Waals surface area contributed by atoms with Gasteiger partial charge < -0.3 is 9.84 Å². The third-order valence-corrected chi connectivity index (χ3v) is 2.86. The van der Waals surface area contributed by atoms with Crippen molar-refractivity contribution in [3.63, 3.8) is 0 Å². The first kappa shape index (κ1) is 11.5. The molecular weight excluding hydrogens is 238 g/mol. The molecule has 1 aromatic heterocycles. The normalized spacial score (nSPS) is 9.88. The summed E-state index contributed by atoms with van der Waals surface area (Å²) in [4.78, 5) is 11.4. The molecule has 1 aromatic carbocycles. The lowest BCUT2D eigenvalue weighted by atomic mass is 10.2. The minimum atomic E-state index is -0.532. The summed E-state index contributed by atoms with van der Waals surface area (Å²) in [5, 5.41) is 13.7. The summed E-state index contributed by atoms with van der Waals surface area (Å²) in [7, 11) is 0. The van der Waals surface area contributed by atoms with Gasteiger partial charge in [-0.3, -0.25) is 5.32 Å². The Kier molecular flexibility index (Phi) is 3.62. The van der Waals surface area contributed by atoms with Crippen LogP contribution in [0, 0.1) is 0 Å². The molecule has 0 aliphatic carbocycles. The van der Waals surface area contributed by atoms with Gasteiger partial charge in [-0.05, 0) is 5.56 Å². The summed E-state index contributed by atoms with van der Waals surface area (Å²) >= 11 is 1.24. The summed E-state index contributed by atoms with van der Waals surface area (Å²) in [6.45, 7) is 0.226. The molecule has 0 radical (unpaired) electrons. The van der Waals surface area contributed by atoms with Crippen LogP contribution in [0.5, 0.6) is 5.75 Å². The first-order valence-electron chi connectivity index (χ1n) is 4.99. The third-order valence-electron chi connectivity index (χ3n) is 2.02. The SMILES string of the molecule is O=C(Nc1cc(O)cs1)OCc1ccccc1. The molecule has 88 valence electrons. The minimum Gasteiger partial charge on any atom is -0.507 e. The van der Waals surface area contributed by atoms with Gasteiger partial charge in [-0.2, -0.15) is 0 Å². The molecule has 0 aliphatic rings. The highest BCUT2D eigenvalue weighted by atomic mass is 32.1. The number of ether oxygens (including phenoxy) is 1. The van der Waals surface area contributed by atoms with E-state index in [-0.39, 0.29) is 12.4 Å². The summed E-state index contributed by atoms with van der Waals surface area (Å²) in [6, 6.07) is 10.9. The fourth-order valence-electron chi connectivity index (χ4n) is 1.25. The number of benzene rings is 1. The molecule has 2 rings (SSSR count). The second-order valence-corrected chi connectivity index (χ2v) is 4.27. The number of amides is 1. The first-order valence-corrected chi connectivity index (χ1v) is 5.87. The lowest BCUT2D eigenvalue weighted by Crippen LogP contribution is -2.12. The van der Waals surface area contributed by atoms with Crippen LogP contribution in [0.3, 0.4) is 0 Å². The van der Waals surface area contributed by atoms with Gasteiger partial charge in [-0.1, -0.05) is 30.3 Å². The minimum absolute atomic E-state index is 0.133. The molecule has 2 aromatic rings. The molecule has 0 saturated carbocycles. The van der Waals surface area contributed by atoms with E-state index in [1.807, 2.05) is 30.3 Å². The van der Waals surface area contributed by atoms with Gasteiger partial charge in [0.25, 0.3) is 0 Å². The van der Waals surface area contributed by atoms with E-state index in [9.17, 15) is 4.79 Å². The Morgan fingerprint density at radius 3 is 2.76 bits per heavy atom. The maximum absolute atomic E-state index is 11.4. The Balaban J connectivity index is 1.82. The lowest BCUT2D eigenvalue weighted by molar-refractivity contribution is 0.155. The fourth-order valence-corrected chi connectivity index (χ4v) is 1.90. The van der Waals surface area contributed by atoms with Crippen LogP contribution in [-0.2, 0) is 11.3 Å². The Labute approximate surface area is 102 Å². The van der Waals surface area contributed by atoms with Crippen LogP contribution in [-0.4, -0.2) is 11.2 Å². The van der Waals surface area contributed by atoms with Gasteiger partial charge in [0.15, 0.2) is 0 Å². The molecule has 0 unspecified atom stereocenters. The van der Waals surface area contributed by atoms with Crippen molar-refractivity contribution in [3.8, 4) is 5.75 Å². The van der Waals surface area contributed by atoms with Crippen molar-refractivity contribution in [2.24, 2.45) is 0 Å². The predicted octanol–water partition coefficient (Wildman–Crippen LogP) is 3.20. The van der Waals surface area contributed by atoms with Gasteiger partial charge >= 0.3 is 6.09 Å². The van der Waals surface area contributed by atoms with Crippen molar-refractivity contribution in [2.75, 3.05) is 5.32 Å². The summed E-state index contributed by atoms with van der Waals surface area (Å²) < 4.78 is 5.02. The average Bonchev–Trinajstić information content (AvgIpc) is 2.73. The molecule has 1 amide bonds. The topological polar surface area (TPSA) is 58.6 Å². The number of anilines is 1. The zero-order chi connectivity index (χ0) is 12.1. The molecule has 2 N–H and O–H groups in total. The maximum Gasteiger partial charge on any atom is 0.412 e. The standard InChI is InChI=1S/C12H11NO3S/c14-10-6-11(17-8-10)13-12(15)16-7-9-4-2-1-3-5-9/h1-6,8,14H,7H2,(H,13,15). The fraction of sp³-hybridized carbons (Fsp3) is 0.0833. The number of hydrogen-bond acceptors (Lipinski definition) is 4. The number of hydrogen-bond donors (Lipinski definition) is 2. The van der Waals surface area contributed by atoms with E-state index in [0.717, 1.165) is 5.56 Å². The van der Waals surface area contributed by atoms with Crippen LogP contribution >= 0.6 is 11.3 Å². The monoisotopic (exact) mass is 249 g/mol. The summed E-state index contributed by atoms with van der Waals surface area (Å²) in [6.07, 6.45) is -0.532. The third kappa shape index (κ3) is 3.49. The van der Waals surface area contributed by atoms with Crippen LogP contribution in [0.4, 0.5) is 9.80 Å². The van der Waals surface area contributed by atoms with Crippen molar-refractivity contribution in [1.82, 2.24) is 0 Å². The Bertz CT molecular complexity index is 495. The van der Waals surface area contributed by atoms with Crippen molar-refractivity contribution >= 4 is 22.4 Å². The molecule has 17 heavy (non-hydrogen) atoms. The Morgan fingerprint density at radius 2 is 2.12 bits per heavy atom. The molecule has 4 nitrogen and oxygen atoms in total.